The fourth-order valence-electron chi connectivity index (χ4n) is 2.46. The number of nitrogens with two attached hydrogens (primary N) is 2. The summed E-state index contributed by atoms with van der Waals surface area (Å²) < 4.78 is 2.03. The fraction of sp³-hybridized carbons (Fsp3) is 0.200. The lowest BCUT2D eigenvalue weighted by Gasteiger charge is -2.18. The summed E-state index contributed by atoms with van der Waals surface area (Å²) in [5, 5.41) is 0. The zero-order valence-electron chi connectivity index (χ0n) is 12.2. The maximum absolute atomic E-state index is 5.69. The van der Waals surface area contributed by atoms with Gasteiger partial charge in [0.05, 0.1) is 6.04 Å². The van der Waals surface area contributed by atoms with Crippen molar-refractivity contribution in [3.63, 3.8) is 0 Å². The molecule has 0 radical (unpaired) electrons. The van der Waals surface area contributed by atoms with Crippen molar-refractivity contribution in [3.05, 3.63) is 48.5 Å². The summed E-state index contributed by atoms with van der Waals surface area (Å²) in [7, 11) is 0. The molecular weight excluding hydrogens is 278 g/mol. The van der Waals surface area contributed by atoms with Gasteiger partial charge in [0.2, 0.25) is 11.9 Å². The Bertz CT molecular complexity index is 746. The van der Waals surface area contributed by atoms with E-state index in [0.29, 0.717) is 5.82 Å². The van der Waals surface area contributed by atoms with Crippen LogP contribution in [0.5, 0.6) is 0 Å². The lowest BCUT2D eigenvalue weighted by Crippen LogP contribution is -2.16. The third-order valence-electron chi connectivity index (χ3n) is 3.41. The van der Waals surface area contributed by atoms with E-state index in [-0.39, 0.29) is 17.9 Å². The highest BCUT2D eigenvalue weighted by molar-refractivity contribution is 5.55. The van der Waals surface area contributed by atoms with Crippen LogP contribution in [0.2, 0.25) is 0 Å². The molecule has 2 heterocycles. The second-order valence-electron chi connectivity index (χ2n) is 4.86. The number of nitrogens with zero attached hydrogens (tertiary/aromatic N) is 5. The Morgan fingerprint density at radius 3 is 2.36 bits per heavy atom. The van der Waals surface area contributed by atoms with Gasteiger partial charge in [-0.25, -0.2) is 4.98 Å². The standard InChI is InChI=1S/C15H17N7/c1-2-11(12-19-14(16)21-15(17)20-12)22-9-8-18-13(22)10-6-4-3-5-7-10/h3-9,11H,2H2,1H3,(H4,16,17,19,20,21). The second kappa shape index (κ2) is 5.80. The molecule has 1 atom stereocenters. The molecule has 4 N–H and O–H groups in total. The van der Waals surface area contributed by atoms with Gasteiger partial charge in [0, 0.05) is 18.0 Å². The molecule has 0 amide bonds. The minimum absolute atomic E-state index is 0.106. The number of rotatable bonds is 4. The quantitative estimate of drug-likeness (QED) is 0.761. The molecule has 2 aromatic heterocycles. The summed E-state index contributed by atoms with van der Waals surface area (Å²) in [6.07, 6.45) is 4.45. The number of benzene rings is 1. The van der Waals surface area contributed by atoms with Gasteiger partial charge in [-0.15, -0.1) is 0 Å². The van der Waals surface area contributed by atoms with Crippen molar-refractivity contribution in [2.75, 3.05) is 11.5 Å². The van der Waals surface area contributed by atoms with Gasteiger partial charge in [0.1, 0.15) is 5.82 Å². The van der Waals surface area contributed by atoms with E-state index in [9.17, 15) is 0 Å². The van der Waals surface area contributed by atoms with Gasteiger partial charge in [0.15, 0.2) is 5.82 Å². The SMILES string of the molecule is CCC(c1nc(N)nc(N)n1)n1ccnc1-c1ccccc1. The van der Waals surface area contributed by atoms with Crippen LogP contribution in [-0.4, -0.2) is 24.5 Å². The minimum atomic E-state index is -0.106. The topological polar surface area (TPSA) is 109 Å². The Hall–Kier alpha value is -2.96. The molecule has 0 saturated carbocycles. The molecule has 3 rings (SSSR count). The number of nitrogen functional groups attached to an aromatic ring is 2. The minimum Gasteiger partial charge on any atom is -0.368 e. The first-order valence-electron chi connectivity index (χ1n) is 7.04. The molecule has 3 aromatic rings. The molecule has 1 unspecified atom stereocenters. The van der Waals surface area contributed by atoms with E-state index in [1.54, 1.807) is 6.20 Å². The summed E-state index contributed by atoms with van der Waals surface area (Å²) in [5.74, 6) is 1.65. The van der Waals surface area contributed by atoms with Gasteiger partial charge in [-0.1, -0.05) is 37.3 Å². The Morgan fingerprint density at radius 2 is 1.73 bits per heavy atom. The molecule has 0 fully saturated rings. The van der Waals surface area contributed by atoms with Crippen LogP contribution in [-0.2, 0) is 0 Å². The molecule has 7 nitrogen and oxygen atoms in total. The molecule has 22 heavy (non-hydrogen) atoms. The number of anilines is 2. The summed E-state index contributed by atoms with van der Waals surface area (Å²) in [4.78, 5) is 16.7. The Kier molecular flexibility index (Phi) is 3.69. The van der Waals surface area contributed by atoms with Gasteiger partial charge >= 0.3 is 0 Å². The van der Waals surface area contributed by atoms with Gasteiger partial charge in [-0.2, -0.15) is 15.0 Å². The van der Waals surface area contributed by atoms with Crippen molar-refractivity contribution >= 4 is 11.9 Å². The largest absolute Gasteiger partial charge is 0.368 e. The average Bonchev–Trinajstić information content (AvgIpc) is 2.97. The van der Waals surface area contributed by atoms with Gasteiger partial charge in [0.25, 0.3) is 0 Å². The van der Waals surface area contributed by atoms with Crippen molar-refractivity contribution in [1.29, 1.82) is 0 Å². The summed E-state index contributed by atoms with van der Waals surface area (Å²) >= 11 is 0. The highest BCUT2D eigenvalue weighted by Gasteiger charge is 2.19. The summed E-state index contributed by atoms with van der Waals surface area (Å²) in [5.41, 5.74) is 12.4. The molecule has 0 aliphatic rings. The zero-order valence-corrected chi connectivity index (χ0v) is 12.2. The van der Waals surface area contributed by atoms with Crippen LogP contribution in [0.25, 0.3) is 11.4 Å². The number of hydrogen-bond donors (Lipinski definition) is 2. The number of aromatic nitrogens is 5. The predicted octanol–water partition coefficient (Wildman–Crippen LogP) is 1.90. The Labute approximate surface area is 128 Å². The number of hydrogen-bond acceptors (Lipinski definition) is 6. The maximum atomic E-state index is 5.69. The molecule has 0 saturated heterocycles. The first-order chi connectivity index (χ1) is 10.7. The molecule has 0 spiro atoms. The Morgan fingerprint density at radius 1 is 1.05 bits per heavy atom. The molecule has 0 aliphatic carbocycles. The van der Waals surface area contributed by atoms with Crippen LogP contribution in [0.3, 0.4) is 0 Å². The van der Waals surface area contributed by atoms with Gasteiger partial charge in [-0.05, 0) is 6.42 Å². The zero-order chi connectivity index (χ0) is 15.5. The highest BCUT2D eigenvalue weighted by atomic mass is 15.2. The number of imidazole rings is 1. The van der Waals surface area contributed by atoms with Crippen molar-refractivity contribution < 1.29 is 0 Å². The van der Waals surface area contributed by atoms with Crippen molar-refractivity contribution in [2.45, 2.75) is 19.4 Å². The van der Waals surface area contributed by atoms with Crippen molar-refractivity contribution in [3.8, 4) is 11.4 Å². The van der Waals surface area contributed by atoms with Crippen LogP contribution < -0.4 is 11.5 Å². The average molecular weight is 295 g/mol. The van der Waals surface area contributed by atoms with E-state index in [4.69, 9.17) is 11.5 Å². The Balaban J connectivity index is 2.07. The third-order valence-corrected chi connectivity index (χ3v) is 3.41. The molecule has 1 aromatic carbocycles. The molecule has 7 heteroatoms. The van der Waals surface area contributed by atoms with Crippen LogP contribution >= 0.6 is 0 Å². The van der Waals surface area contributed by atoms with Gasteiger partial charge in [-0.3, -0.25) is 0 Å². The van der Waals surface area contributed by atoms with E-state index in [1.807, 2.05) is 41.1 Å². The normalized spacial score (nSPS) is 12.2. The first-order valence-corrected chi connectivity index (χ1v) is 7.04. The van der Waals surface area contributed by atoms with Crippen LogP contribution in [0, 0.1) is 0 Å². The summed E-state index contributed by atoms with van der Waals surface area (Å²) in [6, 6.07) is 9.86. The van der Waals surface area contributed by atoms with Gasteiger partial charge < -0.3 is 16.0 Å². The lowest BCUT2D eigenvalue weighted by molar-refractivity contribution is 0.539. The van der Waals surface area contributed by atoms with E-state index in [2.05, 4.69) is 26.9 Å². The first kappa shape index (κ1) is 14.0. The van der Waals surface area contributed by atoms with E-state index >= 15 is 0 Å². The van der Waals surface area contributed by atoms with E-state index in [1.165, 1.54) is 0 Å². The highest BCUT2D eigenvalue weighted by Crippen LogP contribution is 2.26. The fourth-order valence-corrected chi connectivity index (χ4v) is 2.46. The molecule has 0 bridgehead atoms. The monoisotopic (exact) mass is 295 g/mol. The smallest absolute Gasteiger partial charge is 0.225 e. The van der Waals surface area contributed by atoms with E-state index in [0.717, 1.165) is 17.8 Å². The van der Waals surface area contributed by atoms with Crippen molar-refractivity contribution in [1.82, 2.24) is 24.5 Å². The third kappa shape index (κ3) is 2.60. The second-order valence-corrected chi connectivity index (χ2v) is 4.86. The lowest BCUT2D eigenvalue weighted by atomic mass is 10.1. The maximum Gasteiger partial charge on any atom is 0.225 e. The van der Waals surface area contributed by atoms with E-state index < -0.39 is 0 Å². The summed E-state index contributed by atoms with van der Waals surface area (Å²) in [6.45, 7) is 2.05. The van der Waals surface area contributed by atoms with Crippen molar-refractivity contribution in [2.24, 2.45) is 0 Å². The predicted molar refractivity (Wildman–Crippen MR) is 84.7 cm³/mol. The van der Waals surface area contributed by atoms with Crippen LogP contribution in [0.15, 0.2) is 42.7 Å². The van der Waals surface area contributed by atoms with Crippen LogP contribution in [0.4, 0.5) is 11.9 Å². The molecular formula is C15H17N7. The van der Waals surface area contributed by atoms with Crippen LogP contribution in [0.1, 0.15) is 25.2 Å². The molecule has 0 aliphatic heterocycles. The molecule has 112 valence electrons.